The summed E-state index contributed by atoms with van der Waals surface area (Å²) < 4.78 is 6.08. The van der Waals surface area contributed by atoms with Gasteiger partial charge in [0.05, 0.1) is 11.1 Å². The first kappa shape index (κ1) is 14.5. The minimum absolute atomic E-state index is 0.154. The SMILES string of the molecule is O=C1NN=C(c2ccc(O)cc2)c2oc3ccc4ccccc4c3c2N1. The number of amides is 2. The van der Waals surface area contributed by atoms with Crippen molar-refractivity contribution in [2.75, 3.05) is 5.32 Å². The Labute approximate surface area is 147 Å². The minimum atomic E-state index is -0.435. The summed E-state index contributed by atoms with van der Waals surface area (Å²) in [6, 6.07) is 17.9. The van der Waals surface area contributed by atoms with Gasteiger partial charge in [0.25, 0.3) is 0 Å². The predicted octanol–water partition coefficient (Wildman–Crippen LogP) is 4.18. The van der Waals surface area contributed by atoms with Gasteiger partial charge in [-0.2, -0.15) is 5.10 Å². The van der Waals surface area contributed by atoms with Crippen LogP contribution in [0.25, 0.3) is 21.7 Å². The number of nitrogens with zero attached hydrogens (tertiary/aromatic N) is 1. The molecule has 26 heavy (non-hydrogen) atoms. The fourth-order valence-corrected chi connectivity index (χ4v) is 3.27. The van der Waals surface area contributed by atoms with Gasteiger partial charge in [0, 0.05) is 5.56 Å². The van der Waals surface area contributed by atoms with Crippen molar-refractivity contribution < 1.29 is 14.3 Å². The molecular weight excluding hydrogens is 330 g/mol. The number of aromatic hydroxyl groups is 1. The zero-order chi connectivity index (χ0) is 17.7. The van der Waals surface area contributed by atoms with Crippen LogP contribution in [-0.2, 0) is 0 Å². The molecule has 6 heteroatoms. The van der Waals surface area contributed by atoms with Crippen molar-refractivity contribution in [3.05, 3.63) is 72.0 Å². The van der Waals surface area contributed by atoms with E-state index in [1.807, 2.05) is 36.4 Å². The standard InChI is InChI=1S/C20H13N3O3/c24-13-8-5-12(6-9-13)17-19-18(21-20(25)23-22-17)16-14-4-2-1-3-11(14)7-10-15(16)26-19/h1-10,24H,(H2,21,23,25). The highest BCUT2D eigenvalue weighted by Gasteiger charge is 2.26. The molecule has 0 spiro atoms. The Morgan fingerprint density at radius 1 is 0.962 bits per heavy atom. The second kappa shape index (κ2) is 5.35. The van der Waals surface area contributed by atoms with Crippen LogP contribution in [0.4, 0.5) is 10.5 Å². The first-order chi connectivity index (χ1) is 12.7. The highest BCUT2D eigenvalue weighted by Crippen LogP contribution is 2.38. The van der Waals surface area contributed by atoms with Crippen molar-refractivity contribution in [1.82, 2.24) is 5.43 Å². The van der Waals surface area contributed by atoms with E-state index in [-0.39, 0.29) is 5.75 Å². The van der Waals surface area contributed by atoms with E-state index in [1.54, 1.807) is 24.3 Å². The Kier molecular flexibility index (Phi) is 2.99. The lowest BCUT2D eigenvalue weighted by molar-refractivity contribution is 0.252. The second-order valence-electron chi connectivity index (χ2n) is 6.04. The van der Waals surface area contributed by atoms with Gasteiger partial charge in [-0.25, -0.2) is 10.2 Å². The van der Waals surface area contributed by atoms with Crippen LogP contribution in [0.5, 0.6) is 5.75 Å². The lowest BCUT2D eigenvalue weighted by atomic mass is 10.0. The number of carbonyl (C=O) groups excluding carboxylic acids is 1. The van der Waals surface area contributed by atoms with Gasteiger partial charge in [0.2, 0.25) is 0 Å². The van der Waals surface area contributed by atoms with Gasteiger partial charge in [-0.15, -0.1) is 0 Å². The van der Waals surface area contributed by atoms with Gasteiger partial charge in [-0.05, 0) is 41.1 Å². The number of furan rings is 1. The van der Waals surface area contributed by atoms with Crippen molar-refractivity contribution in [1.29, 1.82) is 0 Å². The maximum atomic E-state index is 12.1. The fourth-order valence-electron chi connectivity index (χ4n) is 3.27. The minimum Gasteiger partial charge on any atom is -0.508 e. The van der Waals surface area contributed by atoms with Crippen LogP contribution < -0.4 is 10.7 Å². The smallest absolute Gasteiger partial charge is 0.339 e. The summed E-state index contributed by atoms with van der Waals surface area (Å²) in [4.78, 5) is 12.1. The van der Waals surface area contributed by atoms with E-state index < -0.39 is 6.03 Å². The first-order valence-electron chi connectivity index (χ1n) is 8.09. The molecule has 0 saturated heterocycles. The number of fused-ring (bicyclic) bond motifs is 5. The maximum Gasteiger partial charge on any atom is 0.339 e. The van der Waals surface area contributed by atoms with E-state index in [1.165, 1.54) is 0 Å². The first-order valence-corrected chi connectivity index (χ1v) is 8.09. The fraction of sp³-hybridized carbons (Fsp3) is 0. The maximum absolute atomic E-state index is 12.1. The molecule has 5 rings (SSSR count). The number of hydrazone groups is 1. The molecule has 2 amide bonds. The molecule has 0 saturated carbocycles. The molecule has 1 aliphatic rings. The van der Waals surface area contributed by atoms with E-state index in [0.29, 0.717) is 22.7 Å². The molecule has 0 fully saturated rings. The average molecular weight is 343 g/mol. The van der Waals surface area contributed by atoms with Gasteiger partial charge in [-0.1, -0.05) is 30.3 Å². The van der Waals surface area contributed by atoms with Crippen LogP contribution in [0, 0.1) is 0 Å². The molecule has 4 aromatic rings. The molecule has 1 aromatic heterocycles. The molecule has 0 radical (unpaired) electrons. The molecule has 1 aliphatic heterocycles. The number of phenols is 1. The number of rotatable bonds is 1. The van der Waals surface area contributed by atoms with E-state index in [4.69, 9.17) is 4.42 Å². The molecule has 3 aromatic carbocycles. The molecular formula is C20H13N3O3. The van der Waals surface area contributed by atoms with E-state index in [0.717, 1.165) is 21.7 Å². The number of anilines is 1. The molecule has 6 nitrogen and oxygen atoms in total. The monoisotopic (exact) mass is 343 g/mol. The molecule has 0 bridgehead atoms. The van der Waals surface area contributed by atoms with Crippen LogP contribution in [0.1, 0.15) is 11.3 Å². The van der Waals surface area contributed by atoms with Crippen molar-refractivity contribution in [2.45, 2.75) is 0 Å². The zero-order valence-electron chi connectivity index (χ0n) is 13.5. The topological polar surface area (TPSA) is 86.9 Å². The summed E-state index contributed by atoms with van der Waals surface area (Å²) >= 11 is 0. The lowest BCUT2D eigenvalue weighted by Crippen LogP contribution is -2.22. The molecule has 0 atom stereocenters. The largest absolute Gasteiger partial charge is 0.508 e. The highest BCUT2D eigenvalue weighted by molar-refractivity contribution is 6.24. The molecule has 126 valence electrons. The van der Waals surface area contributed by atoms with Crippen molar-refractivity contribution in [3.63, 3.8) is 0 Å². The van der Waals surface area contributed by atoms with Crippen molar-refractivity contribution in [3.8, 4) is 5.75 Å². The normalized spacial score (nSPS) is 13.7. The molecule has 0 aliphatic carbocycles. The summed E-state index contributed by atoms with van der Waals surface area (Å²) in [5.74, 6) is 0.626. The summed E-state index contributed by atoms with van der Waals surface area (Å²) in [6.45, 7) is 0. The molecule has 2 heterocycles. The van der Waals surface area contributed by atoms with Gasteiger partial charge in [0.1, 0.15) is 17.0 Å². The van der Waals surface area contributed by atoms with Crippen LogP contribution in [0.2, 0.25) is 0 Å². The second-order valence-corrected chi connectivity index (χ2v) is 6.04. The number of nitrogens with one attached hydrogen (secondary N) is 2. The summed E-state index contributed by atoms with van der Waals surface area (Å²) in [5.41, 5.74) is 4.92. The summed E-state index contributed by atoms with van der Waals surface area (Å²) in [6.07, 6.45) is 0. The third-order valence-electron chi connectivity index (χ3n) is 4.44. The van der Waals surface area contributed by atoms with Gasteiger partial charge in [0.15, 0.2) is 5.76 Å². The Hall–Kier alpha value is -3.80. The van der Waals surface area contributed by atoms with Crippen LogP contribution in [0.3, 0.4) is 0 Å². The van der Waals surface area contributed by atoms with Crippen LogP contribution in [-0.4, -0.2) is 16.8 Å². The van der Waals surface area contributed by atoms with Crippen molar-refractivity contribution >= 4 is 39.2 Å². The zero-order valence-corrected chi connectivity index (χ0v) is 13.5. The highest BCUT2D eigenvalue weighted by atomic mass is 16.3. The summed E-state index contributed by atoms with van der Waals surface area (Å²) in [5, 5.41) is 19.5. The Balaban J connectivity index is 1.83. The number of hydrogen-bond donors (Lipinski definition) is 3. The van der Waals surface area contributed by atoms with Crippen LogP contribution >= 0.6 is 0 Å². The summed E-state index contributed by atoms with van der Waals surface area (Å²) in [7, 11) is 0. The molecule has 3 N–H and O–H groups in total. The lowest BCUT2D eigenvalue weighted by Gasteiger charge is -2.04. The quantitative estimate of drug-likeness (QED) is 0.484. The average Bonchev–Trinajstić information content (AvgIpc) is 2.93. The predicted molar refractivity (Wildman–Crippen MR) is 99.6 cm³/mol. The van der Waals surface area contributed by atoms with Crippen molar-refractivity contribution in [2.24, 2.45) is 5.10 Å². The number of carbonyl (C=O) groups is 1. The van der Waals surface area contributed by atoms with Crippen LogP contribution in [0.15, 0.2) is 70.2 Å². The van der Waals surface area contributed by atoms with E-state index in [2.05, 4.69) is 15.8 Å². The number of phenolic OH excluding ortho intramolecular Hbond substituents is 1. The third-order valence-corrected chi connectivity index (χ3v) is 4.44. The Bertz CT molecular complexity index is 1210. The third kappa shape index (κ3) is 2.12. The number of hydrogen-bond acceptors (Lipinski definition) is 4. The van der Waals surface area contributed by atoms with Gasteiger partial charge < -0.3 is 14.8 Å². The Morgan fingerprint density at radius 3 is 2.62 bits per heavy atom. The molecule has 0 unspecified atom stereocenters. The Morgan fingerprint density at radius 2 is 1.77 bits per heavy atom. The van der Waals surface area contributed by atoms with Gasteiger partial charge in [-0.3, -0.25) is 0 Å². The number of benzene rings is 3. The number of urea groups is 1. The van der Waals surface area contributed by atoms with E-state index in [9.17, 15) is 9.90 Å². The van der Waals surface area contributed by atoms with Gasteiger partial charge >= 0.3 is 6.03 Å². The van der Waals surface area contributed by atoms with E-state index >= 15 is 0 Å².